The van der Waals surface area contributed by atoms with Crippen LogP contribution in [0.5, 0.6) is 5.75 Å². The van der Waals surface area contributed by atoms with E-state index in [1.54, 1.807) is 42.5 Å². The van der Waals surface area contributed by atoms with Gasteiger partial charge < -0.3 is 15.0 Å². The molecule has 1 N–H and O–H groups in total. The van der Waals surface area contributed by atoms with Gasteiger partial charge in [-0.05, 0) is 61.0 Å². The fraction of sp³-hybridized carbons (Fsp3) is 0.212. The molecule has 0 aliphatic heterocycles. The predicted molar refractivity (Wildman–Crippen MR) is 174 cm³/mol. The van der Waals surface area contributed by atoms with E-state index in [1.165, 1.54) is 43.3 Å². The Hall–Kier alpha value is -4.05. The van der Waals surface area contributed by atoms with E-state index in [2.05, 4.69) is 5.32 Å². The second-order valence-electron chi connectivity index (χ2n) is 10.1. The number of carbonyl (C=O) groups is 2. The van der Waals surface area contributed by atoms with Crippen molar-refractivity contribution in [1.29, 1.82) is 0 Å². The number of rotatable bonds is 12. The maximum absolute atomic E-state index is 14.4. The van der Waals surface area contributed by atoms with Gasteiger partial charge in [0.2, 0.25) is 11.8 Å². The van der Waals surface area contributed by atoms with Crippen molar-refractivity contribution in [2.24, 2.45) is 0 Å². The van der Waals surface area contributed by atoms with Crippen molar-refractivity contribution in [3.8, 4) is 5.75 Å². The van der Waals surface area contributed by atoms with E-state index in [1.807, 2.05) is 37.3 Å². The van der Waals surface area contributed by atoms with E-state index in [0.29, 0.717) is 21.4 Å². The van der Waals surface area contributed by atoms with Crippen LogP contribution in [0, 0.1) is 6.92 Å². The largest absolute Gasteiger partial charge is 0.497 e. The van der Waals surface area contributed by atoms with Gasteiger partial charge in [-0.25, -0.2) is 8.42 Å². The molecule has 0 radical (unpaired) electrons. The average Bonchev–Trinajstić information content (AvgIpc) is 3.03. The summed E-state index contributed by atoms with van der Waals surface area (Å²) in [7, 11) is -1.27. The van der Waals surface area contributed by atoms with Gasteiger partial charge in [0.1, 0.15) is 18.3 Å². The van der Waals surface area contributed by atoms with E-state index >= 15 is 0 Å². The molecule has 0 fully saturated rings. The minimum absolute atomic E-state index is 0.0282. The molecule has 1 atom stereocenters. The number of aryl methyl sites for hydroxylation is 1. The first-order valence-corrected chi connectivity index (χ1v) is 16.0. The van der Waals surface area contributed by atoms with Crippen molar-refractivity contribution >= 4 is 50.7 Å². The summed E-state index contributed by atoms with van der Waals surface area (Å²) in [5, 5.41) is 3.28. The fourth-order valence-corrected chi connectivity index (χ4v) is 6.62. The minimum Gasteiger partial charge on any atom is -0.497 e. The van der Waals surface area contributed by atoms with Crippen LogP contribution in [-0.4, -0.2) is 51.9 Å². The van der Waals surface area contributed by atoms with Crippen molar-refractivity contribution in [1.82, 2.24) is 10.2 Å². The highest BCUT2D eigenvalue weighted by atomic mass is 35.5. The quantitative estimate of drug-likeness (QED) is 0.206. The molecule has 1 unspecified atom stereocenters. The lowest BCUT2D eigenvalue weighted by molar-refractivity contribution is -0.139. The molecule has 0 aromatic heterocycles. The Bertz CT molecular complexity index is 1680. The van der Waals surface area contributed by atoms with Crippen LogP contribution < -0.4 is 14.4 Å². The molecule has 0 saturated carbocycles. The number of nitrogens with one attached hydrogen (secondary N) is 1. The van der Waals surface area contributed by atoms with Crippen LogP contribution in [0.15, 0.2) is 102 Å². The SMILES string of the molecule is CNC(=O)C(Cc1ccccc1)N(Cc1c(Cl)cccc1Cl)C(=O)CN(c1ccc(C)cc1)S(=O)(=O)c1ccc(OC)cc1. The van der Waals surface area contributed by atoms with Gasteiger partial charge in [-0.3, -0.25) is 13.9 Å². The average molecular weight is 655 g/mol. The second kappa shape index (κ2) is 14.6. The number of anilines is 1. The molecule has 0 bridgehead atoms. The number of nitrogens with zero attached hydrogens (tertiary/aromatic N) is 2. The summed E-state index contributed by atoms with van der Waals surface area (Å²) in [6.45, 7) is 1.15. The molecule has 4 aromatic rings. The highest BCUT2D eigenvalue weighted by Gasteiger charge is 2.35. The zero-order valence-corrected chi connectivity index (χ0v) is 26.9. The number of hydrogen-bond acceptors (Lipinski definition) is 5. The normalized spacial score (nSPS) is 11.8. The molecular weight excluding hydrogens is 621 g/mol. The molecule has 230 valence electrons. The van der Waals surface area contributed by atoms with Gasteiger partial charge in [0.15, 0.2) is 0 Å². The molecule has 0 aliphatic rings. The fourth-order valence-electron chi connectivity index (χ4n) is 4.69. The van der Waals surface area contributed by atoms with E-state index in [-0.39, 0.29) is 23.5 Å². The summed E-state index contributed by atoms with van der Waals surface area (Å²) in [6.07, 6.45) is 0.171. The zero-order valence-electron chi connectivity index (χ0n) is 24.5. The van der Waals surface area contributed by atoms with Crippen LogP contribution in [0.1, 0.15) is 16.7 Å². The van der Waals surface area contributed by atoms with Crippen molar-refractivity contribution in [3.05, 3.63) is 124 Å². The first-order valence-electron chi connectivity index (χ1n) is 13.8. The Labute approximate surface area is 268 Å². The monoisotopic (exact) mass is 653 g/mol. The van der Waals surface area contributed by atoms with E-state index in [9.17, 15) is 18.0 Å². The van der Waals surface area contributed by atoms with Gasteiger partial charge in [0, 0.05) is 35.6 Å². The number of carbonyl (C=O) groups excluding carboxylic acids is 2. The number of benzene rings is 4. The van der Waals surface area contributed by atoms with E-state index in [4.69, 9.17) is 27.9 Å². The van der Waals surface area contributed by atoms with Gasteiger partial charge in [0.25, 0.3) is 10.0 Å². The summed E-state index contributed by atoms with van der Waals surface area (Å²) in [4.78, 5) is 29.1. The number of sulfonamides is 1. The van der Waals surface area contributed by atoms with Crippen LogP contribution in [0.25, 0.3) is 0 Å². The summed E-state index contributed by atoms with van der Waals surface area (Å²) in [5.41, 5.74) is 2.45. The number of ether oxygens (including phenoxy) is 1. The topological polar surface area (TPSA) is 96.0 Å². The Kier molecular flexibility index (Phi) is 10.9. The van der Waals surface area contributed by atoms with Gasteiger partial charge >= 0.3 is 0 Å². The minimum atomic E-state index is -4.24. The molecule has 4 aromatic carbocycles. The van der Waals surface area contributed by atoms with Crippen LogP contribution in [0.2, 0.25) is 10.0 Å². The molecule has 44 heavy (non-hydrogen) atoms. The summed E-state index contributed by atoms with van der Waals surface area (Å²) < 4.78 is 34.4. The lowest BCUT2D eigenvalue weighted by atomic mass is 10.0. The molecule has 2 amide bonds. The van der Waals surface area contributed by atoms with Crippen LogP contribution >= 0.6 is 23.2 Å². The van der Waals surface area contributed by atoms with Crippen LogP contribution in [0.3, 0.4) is 0 Å². The van der Waals surface area contributed by atoms with Crippen molar-refractivity contribution < 1.29 is 22.7 Å². The third kappa shape index (κ3) is 7.72. The highest BCUT2D eigenvalue weighted by Crippen LogP contribution is 2.29. The Morgan fingerprint density at radius 3 is 2.05 bits per heavy atom. The van der Waals surface area contributed by atoms with E-state index < -0.39 is 34.4 Å². The van der Waals surface area contributed by atoms with Crippen LogP contribution in [0.4, 0.5) is 5.69 Å². The standard InChI is InChI=1S/C33H33Cl2N3O5S/c1-23-12-14-25(15-13-23)38(44(41,42)27-18-16-26(43-3)17-19-27)22-32(39)37(21-28-29(34)10-7-11-30(28)35)31(33(40)36-2)20-24-8-5-4-6-9-24/h4-19,31H,20-22H2,1-3H3,(H,36,40). The van der Waals surface area contributed by atoms with Gasteiger partial charge in [-0.1, -0.05) is 77.3 Å². The summed E-state index contributed by atoms with van der Waals surface area (Å²) in [6, 6.07) is 25.9. The molecule has 8 nitrogen and oxygen atoms in total. The van der Waals surface area contributed by atoms with Gasteiger partial charge in [-0.15, -0.1) is 0 Å². The molecule has 0 saturated heterocycles. The molecule has 11 heteroatoms. The first kappa shape index (κ1) is 32.9. The predicted octanol–water partition coefficient (Wildman–Crippen LogP) is 5.89. The number of hydrogen-bond donors (Lipinski definition) is 1. The van der Waals surface area contributed by atoms with E-state index in [0.717, 1.165) is 15.4 Å². The number of amides is 2. The summed E-state index contributed by atoms with van der Waals surface area (Å²) >= 11 is 13.0. The van der Waals surface area contributed by atoms with Gasteiger partial charge in [0.05, 0.1) is 17.7 Å². The third-order valence-corrected chi connectivity index (χ3v) is 9.65. The van der Waals surface area contributed by atoms with Crippen molar-refractivity contribution in [2.45, 2.75) is 30.8 Å². The second-order valence-corrected chi connectivity index (χ2v) is 12.7. The maximum atomic E-state index is 14.4. The van der Waals surface area contributed by atoms with Crippen LogP contribution in [-0.2, 0) is 32.6 Å². The maximum Gasteiger partial charge on any atom is 0.264 e. The van der Waals surface area contributed by atoms with Crippen molar-refractivity contribution in [3.63, 3.8) is 0 Å². The van der Waals surface area contributed by atoms with Crippen molar-refractivity contribution in [2.75, 3.05) is 25.0 Å². The third-order valence-electron chi connectivity index (χ3n) is 7.16. The molecule has 4 rings (SSSR count). The number of likely N-dealkylation sites (N-methyl/N-ethyl adjacent to an activating group) is 1. The molecular formula is C33H33Cl2N3O5S. The van der Waals surface area contributed by atoms with Gasteiger partial charge in [-0.2, -0.15) is 0 Å². The molecule has 0 heterocycles. The number of halogens is 2. The smallest absolute Gasteiger partial charge is 0.264 e. The lowest BCUT2D eigenvalue weighted by Gasteiger charge is -2.34. The number of methoxy groups -OCH3 is 1. The Morgan fingerprint density at radius 2 is 1.48 bits per heavy atom. The Balaban J connectivity index is 1.81. The lowest BCUT2D eigenvalue weighted by Crippen LogP contribution is -2.53. The highest BCUT2D eigenvalue weighted by molar-refractivity contribution is 7.92. The molecule has 0 spiro atoms. The first-order chi connectivity index (χ1) is 21.0. The Morgan fingerprint density at radius 1 is 0.864 bits per heavy atom. The zero-order chi connectivity index (χ0) is 31.9. The summed E-state index contributed by atoms with van der Waals surface area (Å²) in [5.74, 6) is -0.563. The molecule has 0 aliphatic carbocycles.